The number of aliphatic carboxylic acids is 1. The van der Waals surface area contributed by atoms with E-state index < -0.39 is 18.1 Å². The summed E-state index contributed by atoms with van der Waals surface area (Å²) in [5.41, 5.74) is 6.00. The largest absolute Gasteiger partial charge is 0.480 e. The van der Waals surface area contributed by atoms with Gasteiger partial charge in [0, 0.05) is 12.5 Å². The van der Waals surface area contributed by atoms with E-state index in [1.807, 2.05) is 0 Å². The molecule has 0 radical (unpaired) electrons. The van der Waals surface area contributed by atoms with Gasteiger partial charge in [-0.1, -0.05) is 26.7 Å². The average molecular weight is 266 g/mol. The van der Waals surface area contributed by atoms with Gasteiger partial charge in [0.15, 0.2) is 0 Å². The molecule has 19 heavy (non-hydrogen) atoms. The number of carboxylic acids is 1. The lowest BCUT2D eigenvalue weighted by Gasteiger charge is -2.30. The summed E-state index contributed by atoms with van der Waals surface area (Å²) in [7, 11) is 0. The zero-order chi connectivity index (χ0) is 13.9. The molecule has 3 rings (SSSR count). The van der Waals surface area contributed by atoms with Crippen LogP contribution in [0.4, 0.5) is 0 Å². The van der Waals surface area contributed by atoms with Gasteiger partial charge in [-0.25, -0.2) is 4.79 Å². The van der Waals surface area contributed by atoms with E-state index in [4.69, 9.17) is 5.73 Å². The van der Waals surface area contributed by atoms with Crippen molar-refractivity contribution in [1.82, 2.24) is 4.90 Å². The average Bonchev–Trinajstić information content (AvgIpc) is 3.15. The molecule has 1 unspecified atom stereocenters. The van der Waals surface area contributed by atoms with Crippen LogP contribution in [0.25, 0.3) is 0 Å². The highest BCUT2D eigenvalue weighted by atomic mass is 16.4. The molecule has 3 N–H and O–H groups in total. The van der Waals surface area contributed by atoms with Crippen LogP contribution < -0.4 is 5.73 Å². The van der Waals surface area contributed by atoms with Crippen molar-refractivity contribution in [2.75, 3.05) is 6.54 Å². The second-order valence-electron chi connectivity index (χ2n) is 7.01. The van der Waals surface area contributed by atoms with Gasteiger partial charge in [0.25, 0.3) is 0 Å². The fraction of sp³-hybridized carbons (Fsp3) is 0.857. The first-order valence-electron chi connectivity index (χ1n) is 7.13. The number of hydrogen-bond donors (Lipinski definition) is 2. The van der Waals surface area contributed by atoms with Gasteiger partial charge in [-0.05, 0) is 23.7 Å². The molecule has 0 bridgehead atoms. The summed E-state index contributed by atoms with van der Waals surface area (Å²) in [4.78, 5) is 25.3. The smallest absolute Gasteiger partial charge is 0.326 e. The van der Waals surface area contributed by atoms with Crippen LogP contribution in [0.3, 0.4) is 0 Å². The number of carbonyl (C=O) groups is 2. The van der Waals surface area contributed by atoms with Crippen molar-refractivity contribution in [3.05, 3.63) is 0 Å². The maximum absolute atomic E-state index is 12.3. The lowest BCUT2D eigenvalue weighted by molar-refractivity contribution is -0.150. The highest BCUT2D eigenvalue weighted by molar-refractivity contribution is 5.88. The third-order valence-corrected chi connectivity index (χ3v) is 5.35. The van der Waals surface area contributed by atoms with E-state index in [0.717, 1.165) is 12.8 Å². The number of carboxylic acid groups (broad SMARTS) is 1. The molecule has 5 heteroatoms. The number of piperidine rings is 1. The summed E-state index contributed by atoms with van der Waals surface area (Å²) < 4.78 is 0. The van der Waals surface area contributed by atoms with Crippen LogP contribution in [0.2, 0.25) is 0 Å². The molecule has 0 aromatic rings. The first kappa shape index (κ1) is 12.9. The second kappa shape index (κ2) is 3.95. The van der Waals surface area contributed by atoms with E-state index in [0.29, 0.717) is 24.8 Å². The molecule has 2 aliphatic carbocycles. The van der Waals surface area contributed by atoms with Crippen molar-refractivity contribution in [2.24, 2.45) is 28.9 Å². The predicted molar refractivity (Wildman–Crippen MR) is 69.2 cm³/mol. The van der Waals surface area contributed by atoms with Gasteiger partial charge in [0.1, 0.15) is 6.04 Å². The monoisotopic (exact) mass is 266 g/mol. The molecule has 0 aromatic heterocycles. The minimum absolute atomic E-state index is 0.0560. The lowest BCUT2D eigenvalue weighted by atomic mass is 10.00. The van der Waals surface area contributed by atoms with E-state index >= 15 is 0 Å². The molecular weight excluding hydrogens is 244 g/mol. The molecule has 106 valence electrons. The standard InChI is InChI=1S/C14H22N2O3/c1-14(2)8-6-16(11(10(8)14)13(18)19)12(17)9(15)5-7-3-4-7/h7-11H,3-6,15H2,1-2H3,(H,18,19)/t8-,9?,10-,11-/m0/s1. The third-order valence-electron chi connectivity index (χ3n) is 5.35. The minimum Gasteiger partial charge on any atom is -0.480 e. The molecule has 5 nitrogen and oxygen atoms in total. The van der Waals surface area contributed by atoms with E-state index in [1.165, 1.54) is 4.90 Å². The van der Waals surface area contributed by atoms with Crippen molar-refractivity contribution < 1.29 is 14.7 Å². The van der Waals surface area contributed by atoms with Gasteiger partial charge in [0.2, 0.25) is 5.91 Å². The second-order valence-corrected chi connectivity index (χ2v) is 7.01. The lowest BCUT2D eigenvalue weighted by Crippen LogP contribution is -2.51. The molecule has 3 fully saturated rings. The van der Waals surface area contributed by atoms with E-state index in [2.05, 4.69) is 13.8 Å². The van der Waals surface area contributed by atoms with Gasteiger partial charge in [-0.3, -0.25) is 4.79 Å². The number of fused-ring (bicyclic) bond motifs is 1. The Labute approximate surface area is 113 Å². The summed E-state index contributed by atoms with van der Waals surface area (Å²) >= 11 is 0. The highest BCUT2D eigenvalue weighted by Gasteiger charge is 2.69. The quantitative estimate of drug-likeness (QED) is 0.784. The normalized spacial score (nSPS) is 36.8. The molecule has 2 saturated carbocycles. The Morgan fingerprint density at radius 1 is 1.42 bits per heavy atom. The molecule has 4 atom stereocenters. The van der Waals surface area contributed by atoms with Gasteiger partial charge in [-0.2, -0.15) is 0 Å². The fourth-order valence-electron chi connectivity index (χ4n) is 3.82. The predicted octanol–water partition coefficient (Wildman–Crippen LogP) is 0.681. The minimum atomic E-state index is -0.884. The third kappa shape index (κ3) is 1.95. The number of nitrogens with zero attached hydrogens (tertiary/aromatic N) is 1. The van der Waals surface area contributed by atoms with Crippen LogP contribution in [0, 0.1) is 23.2 Å². The molecule has 0 spiro atoms. The van der Waals surface area contributed by atoms with Gasteiger partial charge >= 0.3 is 5.97 Å². The molecule has 1 aliphatic heterocycles. The van der Waals surface area contributed by atoms with Crippen LogP contribution >= 0.6 is 0 Å². The number of nitrogens with two attached hydrogens (primary N) is 1. The summed E-state index contributed by atoms with van der Waals surface area (Å²) in [5.74, 6) is -0.0455. The van der Waals surface area contributed by atoms with Crippen molar-refractivity contribution in [3.63, 3.8) is 0 Å². The highest BCUT2D eigenvalue weighted by Crippen LogP contribution is 2.64. The maximum Gasteiger partial charge on any atom is 0.326 e. The number of carbonyl (C=O) groups excluding carboxylic acids is 1. The van der Waals surface area contributed by atoms with Gasteiger partial charge < -0.3 is 15.7 Å². The van der Waals surface area contributed by atoms with Crippen LogP contribution in [0.5, 0.6) is 0 Å². The Balaban J connectivity index is 1.70. The Morgan fingerprint density at radius 2 is 2.05 bits per heavy atom. The topological polar surface area (TPSA) is 83.6 Å². The molecule has 0 aromatic carbocycles. The molecule has 1 saturated heterocycles. The van der Waals surface area contributed by atoms with Crippen LogP contribution in [0.15, 0.2) is 0 Å². The van der Waals surface area contributed by atoms with Gasteiger partial charge in [-0.15, -0.1) is 0 Å². The number of amides is 1. The number of hydrogen-bond acceptors (Lipinski definition) is 3. The van der Waals surface area contributed by atoms with Crippen LogP contribution in [-0.2, 0) is 9.59 Å². The maximum atomic E-state index is 12.3. The van der Waals surface area contributed by atoms with Crippen LogP contribution in [-0.4, -0.2) is 40.5 Å². The Morgan fingerprint density at radius 3 is 2.58 bits per heavy atom. The number of rotatable bonds is 4. The molecule has 1 heterocycles. The van der Waals surface area contributed by atoms with Crippen LogP contribution in [0.1, 0.15) is 33.1 Å². The zero-order valence-electron chi connectivity index (χ0n) is 11.5. The van der Waals surface area contributed by atoms with E-state index in [-0.39, 0.29) is 17.2 Å². The Hall–Kier alpha value is -1.10. The number of likely N-dealkylation sites (tertiary alicyclic amines) is 1. The summed E-state index contributed by atoms with van der Waals surface area (Å²) in [5, 5.41) is 9.40. The SMILES string of the molecule is CC1(C)[C@@H]2[C@@H](C(=O)O)N(C(=O)C(N)CC3CC3)C[C@@H]21. The van der Waals surface area contributed by atoms with Crippen molar-refractivity contribution >= 4 is 11.9 Å². The Bertz CT molecular complexity index is 430. The van der Waals surface area contributed by atoms with Crippen molar-refractivity contribution in [3.8, 4) is 0 Å². The molecular formula is C14H22N2O3. The zero-order valence-corrected chi connectivity index (χ0v) is 11.5. The molecule has 3 aliphatic rings. The first-order valence-corrected chi connectivity index (χ1v) is 7.13. The first-order chi connectivity index (χ1) is 8.84. The van der Waals surface area contributed by atoms with Gasteiger partial charge in [0.05, 0.1) is 6.04 Å². The summed E-state index contributed by atoms with van der Waals surface area (Å²) in [6.45, 7) is 4.74. The fourth-order valence-corrected chi connectivity index (χ4v) is 3.82. The van der Waals surface area contributed by atoms with E-state index in [1.54, 1.807) is 0 Å². The van der Waals surface area contributed by atoms with E-state index in [9.17, 15) is 14.7 Å². The summed E-state index contributed by atoms with van der Waals surface area (Å²) in [6.07, 6.45) is 3.02. The van der Waals surface area contributed by atoms with Crippen molar-refractivity contribution in [1.29, 1.82) is 0 Å². The molecule has 1 amide bonds. The summed E-state index contributed by atoms with van der Waals surface area (Å²) in [6, 6.07) is -1.19. The Kier molecular flexibility index (Phi) is 2.68. The van der Waals surface area contributed by atoms with Crippen molar-refractivity contribution in [2.45, 2.75) is 45.2 Å².